The van der Waals surface area contributed by atoms with E-state index in [4.69, 9.17) is 23.2 Å². The van der Waals surface area contributed by atoms with E-state index in [1.165, 1.54) is 0 Å². The summed E-state index contributed by atoms with van der Waals surface area (Å²) >= 11 is 12.5. The number of aryl methyl sites for hydroxylation is 1. The number of rotatable bonds is 2. The van der Waals surface area contributed by atoms with Gasteiger partial charge < -0.3 is 5.32 Å². The van der Waals surface area contributed by atoms with Gasteiger partial charge in [0.2, 0.25) is 0 Å². The summed E-state index contributed by atoms with van der Waals surface area (Å²) in [6.45, 7) is 7.30. The number of nitrogens with one attached hydrogen (secondary N) is 1. The lowest BCUT2D eigenvalue weighted by atomic mass is 10.0. The molecule has 2 saturated heterocycles. The van der Waals surface area contributed by atoms with Crippen molar-refractivity contribution < 1.29 is 0 Å². The van der Waals surface area contributed by atoms with Gasteiger partial charge in [-0.05, 0) is 37.9 Å². The van der Waals surface area contributed by atoms with Gasteiger partial charge in [-0.2, -0.15) is 0 Å². The van der Waals surface area contributed by atoms with Crippen molar-refractivity contribution in [3.63, 3.8) is 0 Å². The van der Waals surface area contributed by atoms with Crippen molar-refractivity contribution >= 4 is 23.2 Å². The van der Waals surface area contributed by atoms with Crippen LogP contribution in [0.25, 0.3) is 0 Å². The zero-order valence-corrected chi connectivity index (χ0v) is 11.9. The fraction of sp³-hybridized carbons (Fsp3) is 0.615. The van der Waals surface area contributed by atoms with Crippen LogP contribution in [0.3, 0.4) is 0 Å². The van der Waals surface area contributed by atoms with Crippen molar-refractivity contribution in [3.05, 3.63) is 27.5 Å². The quantitative estimate of drug-likeness (QED) is 0.846. The lowest BCUT2D eigenvalue weighted by Gasteiger charge is -2.18. The van der Waals surface area contributed by atoms with Crippen LogP contribution >= 0.6 is 23.2 Å². The number of hydrogen-bond donors (Lipinski definition) is 1. The molecule has 2 aliphatic heterocycles. The van der Waals surface area contributed by atoms with Crippen LogP contribution in [-0.4, -0.2) is 36.1 Å². The molecule has 2 fully saturated rings. The van der Waals surface area contributed by atoms with E-state index in [0.29, 0.717) is 5.15 Å². The average Bonchev–Trinajstić information content (AvgIpc) is 2.83. The van der Waals surface area contributed by atoms with Gasteiger partial charge in [-0.15, -0.1) is 0 Å². The smallest absolute Gasteiger partial charge is 0.135 e. The second kappa shape index (κ2) is 4.97. The van der Waals surface area contributed by atoms with E-state index >= 15 is 0 Å². The van der Waals surface area contributed by atoms with Gasteiger partial charge >= 0.3 is 0 Å². The third kappa shape index (κ3) is 2.37. The van der Waals surface area contributed by atoms with Gasteiger partial charge in [0.05, 0.1) is 0 Å². The van der Waals surface area contributed by atoms with Crippen molar-refractivity contribution in [3.8, 4) is 0 Å². The van der Waals surface area contributed by atoms with Crippen molar-refractivity contribution in [2.75, 3.05) is 26.2 Å². The Morgan fingerprint density at radius 3 is 2.61 bits per heavy atom. The molecule has 1 aromatic rings. The zero-order chi connectivity index (χ0) is 12.7. The monoisotopic (exact) mass is 285 g/mol. The van der Waals surface area contributed by atoms with Crippen molar-refractivity contribution in [2.45, 2.75) is 13.5 Å². The maximum atomic E-state index is 6.27. The second-order valence-electron chi connectivity index (χ2n) is 5.39. The Hall–Kier alpha value is -0.350. The minimum atomic E-state index is 0.551. The van der Waals surface area contributed by atoms with Crippen LogP contribution in [0.15, 0.2) is 6.07 Å². The van der Waals surface area contributed by atoms with Gasteiger partial charge in [0.1, 0.15) is 5.15 Å². The van der Waals surface area contributed by atoms with Crippen LogP contribution in [0.4, 0.5) is 0 Å². The number of nitrogens with zero attached hydrogens (tertiary/aromatic N) is 2. The van der Waals surface area contributed by atoms with Crippen LogP contribution < -0.4 is 5.32 Å². The molecule has 0 amide bonds. The number of halogens is 2. The molecule has 1 aromatic heterocycles. The summed E-state index contributed by atoms with van der Waals surface area (Å²) in [6.07, 6.45) is 0. The summed E-state index contributed by atoms with van der Waals surface area (Å²) in [5.41, 5.74) is 1.84. The molecule has 0 radical (unpaired) electrons. The average molecular weight is 286 g/mol. The lowest BCUT2D eigenvalue weighted by molar-refractivity contribution is 0.305. The summed E-state index contributed by atoms with van der Waals surface area (Å²) in [4.78, 5) is 6.74. The molecule has 98 valence electrons. The molecule has 1 N–H and O–H groups in total. The second-order valence-corrected chi connectivity index (χ2v) is 6.15. The minimum Gasteiger partial charge on any atom is -0.316 e. The van der Waals surface area contributed by atoms with Crippen molar-refractivity contribution in [1.29, 1.82) is 0 Å². The first-order valence-electron chi connectivity index (χ1n) is 6.38. The molecule has 0 saturated carbocycles. The molecule has 0 aromatic carbocycles. The fourth-order valence-corrected chi connectivity index (χ4v) is 3.72. The molecule has 2 aliphatic rings. The molecule has 3 heterocycles. The van der Waals surface area contributed by atoms with E-state index in [1.54, 1.807) is 0 Å². The van der Waals surface area contributed by atoms with Crippen LogP contribution in [0.2, 0.25) is 10.2 Å². The van der Waals surface area contributed by atoms with Gasteiger partial charge in [-0.3, -0.25) is 4.90 Å². The van der Waals surface area contributed by atoms with E-state index in [1.807, 2.05) is 13.0 Å². The predicted molar refractivity (Wildman–Crippen MR) is 74.1 cm³/mol. The molecular formula is C13H17Cl2N3. The first kappa shape index (κ1) is 12.7. The van der Waals surface area contributed by atoms with E-state index in [-0.39, 0.29) is 0 Å². The topological polar surface area (TPSA) is 28.2 Å². The Bertz CT molecular complexity index is 429. The summed E-state index contributed by atoms with van der Waals surface area (Å²) in [5.74, 6) is 1.59. The maximum Gasteiger partial charge on any atom is 0.135 e. The highest BCUT2D eigenvalue weighted by Crippen LogP contribution is 2.31. The molecule has 3 rings (SSSR count). The van der Waals surface area contributed by atoms with Gasteiger partial charge in [-0.25, -0.2) is 4.98 Å². The predicted octanol–water partition coefficient (Wildman–Crippen LogP) is 2.35. The molecule has 0 spiro atoms. The number of pyridine rings is 1. The Balaban J connectivity index is 1.74. The van der Waals surface area contributed by atoms with E-state index in [9.17, 15) is 0 Å². The summed E-state index contributed by atoms with van der Waals surface area (Å²) in [6, 6.07) is 1.89. The largest absolute Gasteiger partial charge is 0.316 e. The molecular weight excluding hydrogens is 269 g/mol. The third-order valence-corrected chi connectivity index (χ3v) is 4.64. The first-order valence-corrected chi connectivity index (χ1v) is 7.13. The first-order chi connectivity index (χ1) is 8.63. The zero-order valence-electron chi connectivity index (χ0n) is 10.4. The van der Waals surface area contributed by atoms with Gasteiger partial charge in [0.25, 0.3) is 0 Å². The fourth-order valence-electron chi connectivity index (χ4n) is 3.07. The van der Waals surface area contributed by atoms with Gasteiger partial charge in [0.15, 0.2) is 0 Å². The minimum absolute atomic E-state index is 0.551. The Labute approximate surface area is 117 Å². The summed E-state index contributed by atoms with van der Waals surface area (Å²) in [7, 11) is 0. The number of hydrogen-bond acceptors (Lipinski definition) is 3. The highest BCUT2D eigenvalue weighted by molar-refractivity contribution is 6.35. The highest BCUT2D eigenvalue weighted by atomic mass is 35.5. The molecule has 0 unspecified atom stereocenters. The summed E-state index contributed by atoms with van der Waals surface area (Å²) in [5, 5.41) is 4.74. The number of aromatic nitrogens is 1. The number of likely N-dealkylation sites (tertiary alicyclic amines) is 1. The van der Waals surface area contributed by atoms with E-state index in [2.05, 4.69) is 15.2 Å². The molecule has 0 bridgehead atoms. The molecule has 18 heavy (non-hydrogen) atoms. The highest BCUT2D eigenvalue weighted by Gasteiger charge is 2.36. The van der Waals surface area contributed by atoms with Gasteiger partial charge in [0, 0.05) is 35.9 Å². The van der Waals surface area contributed by atoms with Gasteiger partial charge in [-0.1, -0.05) is 23.2 Å². The van der Waals surface area contributed by atoms with E-state index < -0.39 is 0 Å². The lowest BCUT2D eigenvalue weighted by Crippen LogP contribution is -2.25. The van der Waals surface area contributed by atoms with Crippen LogP contribution in [0.5, 0.6) is 0 Å². The van der Waals surface area contributed by atoms with Crippen molar-refractivity contribution in [2.24, 2.45) is 11.8 Å². The molecule has 0 aliphatic carbocycles. The molecule has 5 heteroatoms. The Kier molecular flexibility index (Phi) is 3.50. The van der Waals surface area contributed by atoms with Crippen molar-refractivity contribution in [1.82, 2.24) is 15.2 Å². The van der Waals surface area contributed by atoms with Crippen LogP contribution in [-0.2, 0) is 6.54 Å². The Morgan fingerprint density at radius 1 is 1.33 bits per heavy atom. The Morgan fingerprint density at radius 2 is 2.00 bits per heavy atom. The van der Waals surface area contributed by atoms with Crippen LogP contribution in [0, 0.1) is 18.8 Å². The standard InChI is InChI=1S/C13H17Cl2N3/c1-8-2-12(14)11(13(15)17-8)7-18-5-9-3-16-4-10(9)6-18/h2,9-10,16H,3-7H2,1H3/t9-,10+. The van der Waals surface area contributed by atoms with Crippen LogP contribution in [0.1, 0.15) is 11.3 Å². The molecule has 2 atom stereocenters. The summed E-state index contributed by atoms with van der Waals surface area (Å²) < 4.78 is 0. The SMILES string of the molecule is Cc1cc(Cl)c(CN2C[C@H]3CNC[C@H]3C2)c(Cl)n1. The number of fused-ring (bicyclic) bond motifs is 1. The van der Waals surface area contributed by atoms with E-state index in [0.717, 1.165) is 60.8 Å². The third-order valence-electron chi connectivity index (χ3n) is 3.99. The molecule has 3 nitrogen and oxygen atoms in total. The maximum absolute atomic E-state index is 6.27. The normalized spacial score (nSPS) is 27.7.